The normalized spacial score (nSPS) is 16.7. The summed E-state index contributed by atoms with van der Waals surface area (Å²) in [5.41, 5.74) is 1.15. The maximum Gasteiger partial charge on any atom is 0.363 e. The molecule has 6 heteroatoms. The van der Waals surface area contributed by atoms with E-state index in [4.69, 9.17) is 4.74 Å². The molecule has 0 bridgehead atoms. The summed E-state index contributed by atoms with van der Waals surface area (Å²) in [6.45, 7) is 1.65. The van der Waals surface area contributed by atoms with E-state index in [1.165, 1.54) is 31.5 Å². The van der Waals surface area contributed by atoms with Crippen molar-refractivity contribution in [1.29, 1.82) is 0 Å². The van der Waals surface area contributed by atoms with Gasteiger partial charge in [-0.3, -0.25) is 0 Å². The number of aromatic nitrogens is 1. The maximum absolute atomic E-state index is 10.5. The van der Waals surface area contributed by atoms with Crippen LogP contribution in [0.15, 0.2) is 18.3 Å². The summed E-state index contributed by atoms with van der Waals surface area (Å²) in [5, 5.41) is 13.8. The van der Waals surface area contributed by atoms with Crippen molar-refractivity contribution in [3.63, 3.8) is 0 Å². The van der Waals surface area contributed by atoms with Crippen molar-refractivity contribution < 1.29 is 9.66 Å². The molecule has 1 fully saturated rings. The van der Waals surface area contributed by atoms with E-state index in [-0.39, 0.29) is 5.82 Å². The van der Waals surface area contributed by atoms with Crippen LogP contribution in [0.3, 0.4) is 0 Å². The van der Waals surface area contributed by atoms with E-state index in [9.17, 15) is 10.1 Å². The van der Waals surface area contributed by atoms with Gasteiger partial charge in [-0.1, -0.05) is 6.42 Å². The zero-order valence-electron chi connectivity index (χ0n) is 11.1. The largest absolute Gasteiger partial charge is 0.385 e. The first-order valence-corrected chi connectivity index (χ1v) is 6.48. The fraction of sp³-hybridized carbons (Fsp3) is 0.615. The first-order chi connectivity index (χ1) is 9.15. The molecule has 1 saturated carbocycles. The van der Waals surface area contributed by atoms with Crippen LogP contribution < -0.4 is 5.32 Å². The lowest BCUT2D eigenvalue weighted by molar-refractivity contribution is -0.389. The molecule has 0 amide bonds. The van der Waals surface area contributed by atoms with Gasteiger partial charge in [0.2, 0.25) is 0 Å². The van der Waals surface area contributed by atoms with Crippen molar-refractivity contribution in [1.82, 2.24) is 4.98 Å². The number of anilines is 1. The predicted molar refractivity (Wildman–Crippen MR) is 72.2 cm³/mol. The van der Waals surface area contributed by atoms with Gasteiger partial charge < -0.3 is 20.2 Å². The molecule has 1 heterocycles. The summed E-state index contributed by atoms with van der Waals surface area (Å²) < 4.78 is 5.15. The molecule has 19 heavy (non-hydrogen) atoms. The summed E-state index contributed by atoms with van der Waals surface area (Å²) in [6.07, 6.45) is 6.26. The van der Waals surface area contributed by atoms with Crippen LogP contribution >= 0.6 is 0 Å². The zero-order chi connectivity index (χ0) is 13.7. The van der Waals surface area contributed by atoms with Crippen LogP contribution in [-0.4, -0.2) is 30.2 Å². The van der Waals surface area contributed by atoms with E-state index < -0.39 is 4.92 Å². The van der Waals surface area contributed by atoms with Crippen molar-refractivity contribution in [2.75, 3.05) is 25.6 Å². The fourth-order valence-electron chi connectivity index (χ4n) is 2.40. The molecule has 1 aliphatic rings. The Kier molecular flexibility index (Phi) is 4.31. The molecule has 1 aromatic rings. The lowest BCUT2D eigenvalue weighted by Crippen LogP contribution is -2.37. The molecule has 0 atom stereocenters. The number of rotatable bonds is 7. The molecule has 2 rings (SSSR count). The van der Waals surface area contributed by atoms with Gasteiger partial charge in [0.15, 0.2) is 6.20 Å². The molecular formula is C13H19N3O3. The third-order valence-electron chi connectivity index (χ3n) is 3.85. The monoisotopic (exact) mass is 265 g/mol. The molecule has 0 radical (unpaired) electrons. The summed E-state index contributed by atoms with van der Waals surface area (Å²) in [5.74, 6) is -0.122. The Bertz CT molecular complexity index is 429. The van der Waals surface area contributed by atoms with Crippen molar-refractivity contribution in [2.24, 2.45) is 5.41 Å². The van der Waals surface area contributed by atoms with Crippen LogP contribution in [-0.2, 0) is 4.74 Å². The highest BCUT2D eigenvalue weighted by Gasteiger charge is 2.36. The van der Waals surface area contributed by atoms with Gasteiger partial charge in [0, 0.05) is 26.3 Å². The van der Waals surface area contributed by atoms with E-state index >= 15 is 0 Å². The quantitative estimate of drug-likeness (QED) is 0.605. The predicted octanol–water partition coefficient (Wildman–Crippen LogP) is 2.61. The first kappa shape index (κ1) is 13.7. The van der Waals surface area contributed by atoms with E-state index in [1.807, 2.05) is 0 Å². The van der Waals surface area contributed by atoms with Crippen molar-refractivity contribution in [3.8, 4) is 0 Å². The number of pyridine rings is 1. The minimum atomic E-state index is -0.490. The lowest BCUT2D eigenvalue weighted by atomic mass is 9.66. The zero-order valence-corrected chi connectivity index (χ0v) is 11.1. The number of hydrogen-bond donors (Lipinski definition) is 1. The molecule has 104 valence electrons. The minimum absolute atomic E-state index is 0.122. The number of nitrogens with zero attached hydrogens (tertiary/aromatic N) is 2. The molecule has 1 N–H and O–H groups in total. The number of hydrogen-bond acceptors (Lipinski definition) is 5. The van der Waals surface area contributed by atoms with Gasteiger partial charge in [-0.15, -0.1) is 0 Å². The SMILES string of the molecule is COCCC1(CNc2ccc([N+](=O)[O-])nc2)CCC1. The van der Waals surface area contributed by atoms with Crippen LogP contribution in [0.4, 0.5) is 11.5 Å². The summed E-state index contributed by atoms with van der Waals surface area (Å²) in [6, 6.07) is 3.12. The van der Waals surface area contributed by atoms with Crippen LogP contribution in [0, 0.1) is 15.5 Å². The second-order valence-corrected chi connectivity index (χ2v) is 5.11. The first-order valence-electron chi connectivity index (χ1n) is 6.48. The van der Waals surface area contributed by atoms with Gasteiger partial charge in [-0.25, -0.2) is 0 Å². The van der Waals surface area contributed by atoms with Crippen LogP contribution in [0.25, 0.3) is 0 Å². The number of ether oxygens (including phenoxy) is 1. The molecule has 0 unspecified atom stereocenters. The average Bonchev–Trinajstić information content (AvgIpc) is 2.37. The summed E-state index contributed by atoms with van der Waals surface area (Å²) in [4.78, 5) is 13.8. The molecule has 0 spiro atoms. The number of methoxy groups -OCH3 is 1. The molecule has 1 aliphatic carbocycles. The van der Waals surface area contributed by atoms with Crippen LogP contribution in [0.1, 0.15) is 25.7 Å². The Morgan fingerprint density at radius 3 is 2.79 bits per heavy atom. The second-order valence-electron chi connectivity index (χ2n) is 5.11. The van der Waals surface area contributed by atoms with E-state index in [2.05, 4.69) is 10.3 Å². The van der Waals surface area contributed by atoms with Crippen molar-refractivity contribution in [3.05, 3.63) is 28.4 Å². The summed E-state index contributed by atoms with van der Waals surface area (Å²) >= 11 is 0. The highest BCUT2D eigenvalue weighted by molar-refractivity contribution is 5.43. The molecule has 6 nitrogen and oxygen atoms in total. The highest BCUT2D eigenvalue weighted by atomic mass is 16.6. The van der Waals surface area contributed by atoms with E-state index in [0.717, 1.165) is 25.3 Å². The molecule has 1 aromatic heterocycles. The molecule has 0 aromatic carbocycles. The van der Waals surface area contributed by atoms with Gasteiger partial charge in [-0.2, -0.15) is 0 Å². The Morgan fingerprint density at radius 2 is 2.32 bits per heavy atom. The van der Waals surface area contributed by atoms with Gasteiger partial charge in [-0.05, 0) is 40.7 Å². The van der Waals surface area contributed by atoms with E-state index in [1.54, 1.807) is 13.2 Å². The second kappa shape index (κ2) is 5.97. The van der Waals surface area contributed by atoms with Gasteiger partial charge in [0.05, 0.1) is 5.69 Å². The van der Waals surface area contributed by atoms with Gasteiger partial charge in [0.1, 0.15) is 0 Å². The Labute approximate surface area is 112 Å². The molecule has 0 saturated heterocycles. The van der Waals surface area contributed by atoms with Crippen LogP contribution in [0.2, 0.25) is 0 Å². The van der Waals surface area contributed by atoms with Crippen molar-refractivity contribution in [2.45, 2.75) is 25.7 Å². The third kappa shape index (κ3) is 3.41. The summed E-state index contributed by atoms with van der Waals surface area (Å²) in [7, 11) is 1.72. The maximum atomic E-state index is 10.5. The Hall–Kier alpha value is -1.69. The third-order valence-corrected chi connectivity index (χ3v) is 3.85. The number of nitrogens with one attached hydrogen (secondary N) is 1. The average molecular weight is 265 g/mol. The lowest BCUT2D eigenvalue weighted by Gasteiger charge is -2.42. The standard InChI is InChI=1S/C13H19N3O3/c1-19-8-7-13(5-2-6-13)10-15-11-3-4-12(14-9-11)16(17)18/h3-4,9,15H,2,5-8,10H2,1H3. The Balaban J connectivity index is 1.88. The number of nitro groups is 1. The van der Waals surface area contributed by atoms with Gasteiger partial charge in [0.25, 0.3) is 0 Å². The Morgan fingerprint density at radius 1 is 1.53 bits per heavy atom. The smallest absolute Gasteiger partial charge is 0.363 e. The highest BCUT2D eigenvalue weighted by Crippen LogP contribution is 2.43. The van der Waals surface area contributed by atoms with Crippen molar-refractivity contribution >= 4 is 11.5 Å². The fourth-order valence-corrected chi connectivity index (χ4v) is 2.40. The molecular weight excluding hydrogens is 246 g/mol. The minimum Gasteiger partial charge on any atom is -0.385 e. The van der Waals surface area contributed by atoms with Gasteiger partial charge >= 0.3 is 5.82 Å². The molecule has 0 aliphatic heterocycles. The topological polar surface area (TPSA) is 77.3 Å². The van der Waals surface area contributed by atoms with E-state index in [0.29, 0.717) is 5.41 Å². The van der Waals surface area contributed by atoms with Crippen LogP contribution in [0.5, 0.6) is 0 Å².